The lowest BCUT2D eigenvalue weighted by Crippen LogP contribution is -3.00. The van der Waals surface area contributed by atoms with Crippen molar-refractivity contribution < 1.29 is 37.9 Å². The fourth-order valence-electron chi connectivity index (χ4n) is 1.36. The molecule has 1 saturated heterocycles. The van der Waals surface area contributed by atoms with Crippen LogP contribution in [-0.4, -0.2) is 57.6 Å². The highest BCUT2D eigenvalue weighted by atomic mass is 127. The maximum Gasteiger partial charge on any atom is 0.130 e. The van der Waals surface area contributed by atoms with Crippen LogP contribution in [0.4, 0.5) is 0 Å². The van der Waals surface area contributed by atoms with Gasteiger partial charge in [-0.3, -0.25) is 0 Å². The van der Waals surface area contributed by atoms with Gasteiger partial charge in [-0.25, -0.2) is 0 Å². The Labute approximate surface area is 98.0 Å². The van der Waals surface area contributed by atoms with E-state index >= 15 is 0 Å². The molecule has 0 aliphatic carbocycles. The zero-order valence-corrected chi connectivity index (χ0v) is 11.1. The third-order valence-corrected chi connectivity index (χ3v) is 1.88. The predicted molar refractivity (Wildman–Crippen MR) is 48.1 cm³/mol. The summed E-state index contributed by atoms with van der Waals surface area (Å²) in [5.41, 5.74) is 0. The molecule has 0 N–H and O–H groups in total. The second kappa shape index (κ2) is 5.48. The predicted octanol–water partition coefficient (Wildman–Crippen LogP) is -2.50. The van der Waals surface area contributed by atoms with Crippen LogP contribution in [-0.2, 0) is 9.47 Å². The molecule has 0 unspecified atom stereocenters. The second-order valence-electron chi connectivity index (χ2n) is 4.57. The van der Waals surface area contributed by atoms with Crippen molar-refractivity contribution in [2.75, 3.05) is 40.9 Å². The van der Waals surface area contributed by atoms with Gasteiger partial charge in [0.25, 0.3) is 0 Å². The van der Waals surface area contributed by atoms with Crippen LogP contribution in [0.1, 0.15) is 6.92 Å². The van der Waals surface area contributed by atoms with E-state index in [4.69, 9.17) is 9.47 Å². The maximum atomic E-state index is 5.63. The minimum Gasteiger partial charge on any atom is -1.00 e. The fourth-order valence-corrected chi connectivity index (χ4v) is 1.36. The number of rotatable bonds is 2. The molecule has 1 heterocycles. The third-order valence-electron chi connectivity index (χ3n) is 1.88. The molecule has 0 aromatic rings. The van der Waals surface area contributed by atoms with Gasteiger partial charge in [-0.1, -0.05) is 0 Å². The number of likely N-dealkylation sites (N-methyl/N-ethyl adjacent to an activating group) is 1. The van der Waals surface area contributed by atoms with E-state index in [0.29, 0.717) is 0 Å². The number of halogens is 1. The summed E-state index contributed by atoms with van der Waals surface area (Å²) in [6.07, 6.45) is 0.551. The summed E-state index contributed by atoms with van der Waals surface area (Å²) in [6.45, 7) is 4.55. The van der Waals surface area contributed by atoms with Gasteiger partial charge in [-0.05, 0) is 6.92 Å². The third kappa shape index (κ3) is 5.83. The minimum atomic E-state index is 0. The molecule has 1 rings (SSSR count). The maximum absolute atomic E-state index is 5.63. The van der Waals surface area contributed by atoms with Crippen LogP contribution in [0.25, 0.3) is 0 Å². The van der Waals surface area contributed by atoms with E-state index in [1.807, 2.05) is 6.92 Å². The van der Waals surface area contributed by atoms with Crippen LogP contribution in [0.3, 0.4) is 0 Å². The molecule has 80 valence electrons. The van der Waals surface area contributed by atoms with Crippen molar-refractivity contribution in [1.82, 2.24) is 0 Å². The van der Waals surface area contributed by atoms with Crippen molar-refractivity contribution >= 4 is 0 Å². The Kier molecular flexibility index (Phi) is 5.74. The molecule has 0 aromatic carbocycles. The standard InChI is InChI=1S/C9H20NO2.HI/c1-8-6-12-9(7-11-8)5-10(2,3)4;/h8-9H,5-7H2,1-4H3;1H/q+1;/p-1/t8-,9-;/m1./s1. The molecule has 0 aromatic heterocycles. The summed E-state index contributed by atoms with van der Waals surface area (Å²) in [6, 6.07) is 0. The van der Waals surface area contributed by atoms with Crippen molar-refractivity contribution in [2.24, 2.45) is 0 Å². The van der Waals surface area contributed by atoms with E-state index in [1.165, 1.54) is 0 Å². The molecule has 4 heteroatoms. The lowest BCUT2D eigenvalue weighted by atomic mass is 10.3. The van der Waals surface area contributed by atoms with Gasteiger partial charge in [0.05, 0.1) is 40.5 Å². The summed E-state index contributed by atoms with van der Waals surface area (Å²) >= 11 is 0. The molecule has 1 fully saturated rings. The number of ether oxygens (including phenoxy) is 2. The van der Waals surface area contributed by atoms with Gasteiger partial charge >= 0.3 is 0 Å². The Bertz CT molecular complexity index is 139. The molecule has 3 nitrogen and oxygen atoms in total. The molecule has 0 bridgehead atoms. The van der Waals surface area contributed by atoms with Crippen molar-refractivity contribution in [3.05, 3.63) is 0 Å². The van der Waals surface area contributed by atoms with E-state index in [0.717, 1.165) is 24.2 Å². The van der Waals surface area contributed by atoms with Crippen LogP contribution >= 0.6 is 0 Å². The summed E-state index contributed by atoms with van der Waals surface area (Å²) in [5, 5.41) is 0. The second-order valence-corrected chi connectivity index (χ2v) is 4.57. The van der Waals surface area contributed by atoms with Crippen LogP contribution in [0.2, 0.25) is 0 Å². The Balaban J connectivity index is 0.00000144. The Morgan fingerprint density at radius 2 is 1.77 bits per heavy atom. The molecule has 0 spiro atoms. The molecule has 0 saturated carbocycles. The van der Waals surface area contributed by atoms with E-state index in [1.54, 1.807) is 0 Å². The molecule has 1 aliphatic heterocycles. The summed E-state index contributed by atoms with van der Waals surface area (Å²) in [5.74, 6) is 0. The minimum absolute atomic E-state index is 0. The average molecular weight is 301 g/mol. The Hall–Kier alpha value is 0.610. The molecule has 0 radical (unpaired) electrons. The van der Waals surface area contributed by atoms with E-state index in [2.05, 4.69) is 21.1 Å². The van der Waals surface area contributed by atoms with Crippen LogP contribution < -0.4 is 24.0 Å². The molecule has 0 amide bonds. The van der Waals surface area contributed by atoms with Gasteiger partial charge in [0.1, 0.15) is 12.6 Å². The topological polar surface area (TPSA) is 18.5 Å². The largest absolute Gasteiger partial charge is 1.00 e. The van der Waals surface area contributed by atoms with Gasteiger partial charge in [-0.15, -0.1) is 0 Å². The first-order valence-electron chi connectivity index (χ1n) is 4.51. The quantitative estimate of drug-likeness (QED) is 0.415. The van der Waals surface area contributed by atoms with E-state index in [-0.39, 0.29) is 36.2 Å². The lowest BCUT2D eigenvalue weighted by molar-refractivity contribution is -0.874. The fraction of sp³-hybridized carbons (Fsp3) is 1.00. The van der Waals surface area contributed by atoms with Crippen LogP contribution in [0.15, 0.2) is 0 Å². The number of hydrogen-bond acceptors (Lipinski definition) is 2. The Morgan fingerprint density at radius 1 is 1.15 bits per heavy atom. The van der Waals surface area contributed by atoms with Gasteiger partial charge < -0.3 is 37.9 Å². The monoisotopic (exact) mass is 301 g/mol. The van der Waals surface area contributed by atoms with Crippen molar-refractivity contribution in [3.63, 3.8) is 0 Å². The van der Waals surface area contributed by atoms with Crippen molar-refractivity contribution in [2.45, 2.75) is 19.1 Å². The van der Waals surface area contributed by atoms with Crippen LogP contribution in [0.5, 0.6) is 0 Å². The SMILES string of the molecule is C[C@@H]1CO[C@H](C[N+](C)(C)C)CO1.[I-]. The number of nitrogens with zero attached hydrogens (tertiary/aromatic N) is 1. The van der Waals surface area contributed by atoms with Gasteiger partial charge in [-0.2, -0.15) is 0 Å². The van der Waals surface area contributed by atoms with Crippen LogP contribution in [0, 0.1) is 0 Å². The molecule has 1 aliphatic rings. The highest BCUT2D eigenvalue weighted by Gasteiger charge is 2.24. The van der Waals surface area contributed by atoms with E-state index in [9.17, 15) is 0 Å². The summed E-state index contributed by atoms with van der Waals surface area (Å²) < 4.78 is 12.1. The smallest absolute Gasteiger partial charge is 0.130 e. The van der Waals surface area contributed by atoms with Crippen molar-refractivity contribution in [3.8, 4) is 0 Å². The highest BCUT2D eigenvalue weighted by Crippen LogP contribution is 2.09. The summed E-state index contributed by atoms with van der Waals surface area (Å²) in [7, 11) is 6.50. The van der Waals surface area contributed by atoms with Gasteiger partial charge in [0.2, 0.25) is 0 Å². The zero-order valence-electron chi connectivity index (χ0n) is 8.92. The lowest BCUT2D eigenvalue weighted by Gasteiger charge is -2.33. The highest BCUT2D eigenvalue weighted by molar-refractivity contribution is 4.63. The normalized spacial score (nSPS) is 29.5. The van der Waals surface area contributed by atoms with Gasteiger partial charge in [0, 0.05) is 0 Å². The average Bonchev–Trinajstić information content (AvgIpc) is 1.91. The Morgan fingerprint density at radius 3 is 2.15 bits per heavy atom. The number of quaternary nitrogens is 1. The molecule has 2 atom stereocenters. The number of hydrogen-bond donors (Lipinski definition) is 0. The summed E-state index contributed by atoms with van der Waals surface area (Å²) in [4.78, 5) is 0. The first-order valence-corrected chi connectivity index (χ1v) is 4.51. The zero-order chi connectivity index (χ0) is 9.19. The van der Waals surface area contributed by atoms with E-state index < -0.39 is 0 Å². The van der Waals surface area contributed by atoms with Crippen molar-refractivity contribution in [1.29, 1.82) is 0 Å². The molecular formula is C9H20INO2. The molecule has 13 heavy (non-hydrogen) atoms. The first kappa shape index (κ1) is 13.6. The van der Waals surface area contributed by atoms with Gasteiger partial charge in [0.15, 0.2) is 0 Å². The first-order chi connectivity index (χ1) is 5.47. The molecular weight excluding hydrogens is 281 g/mol.